The smallest absolute Gasteiger partial charge is 0.271 e. The molecular weight excluding hydrogens is 350 g/mol. The molecule has 130 valence electrons. The maximum atomic E-state index is 12.3. The fraction of sp³-hybridized carbons (Fsp3) is 0.0667. The number of nitro benzene ring substituents is 1. The minimum atomic E-state index is -3.74. The van der Waals surface area contributed by atoms with Gasteiger partial charge >= 0.3 is 0 Å². The number of primary amides is 1. The largest absolute Gasteiger partial charge is 0.366 e. The molecule has 0 unspecified atom stereocenters. The molecule has 0 bridgehead atoms. The van der Waals surface area contributed by atoms with Crippen molar-refractivity contribution in [3.63, 3.8) is 0 Å². The summed E-state index contributed by atoms with van der Waals surface area (Å²) in [5.74, 6) is -1.37. The monoisotopic (exact) mass is 363 g/mol. The molecule has 2 aromatic rings. The van der Waals surface area contributed by atoms with Crippen LogP contribution in [-0.2, 0) is 9.84 Å². The van der Waals surface area contributed by atoms with Crippen molar-refractivity contribution in [1.29, 1.82) is 0 Å². The second-order valence-electron chi connectivity index (χ2n) is 5.14. The lowest BCUT2D eigenvalue weighted by Crippen LogP contribution is -2.14. The molecular formula is C15H13N3O6S. The van der Waals surface area contributed by atoms with Crippen LogP contribution in [0.1, 0.15) is 20.7 Å². The number of nitrogens with zero attached hydrogens (tertiary/aromatic N) is 1. The Balaban J connectivity index is 2.36. The number of carbonyl (C=O) groups excluding carboxylic acids is 2. The molecule has 2 amide bonds. The predicted octanol–water partition coefficient (Wildman–Crippen LogP) is 1.35. The van der Waals surface area contributed by atoms with Gasteiger partial charge in [-0.1, -0.05) is 0 Å². The summed E-state index contributed by atoms with van der Waals surface area (Å²) < 4.78 is 23.3. The SMILES string of the molecule is CS(=O)(=O)c1cc(C(=O)Nc2ccc(C(N)=O)cc2)cc([N+](=O)[O-])c1. The number of non-ortho nitro benzene ring substituents is 1. The van der Waals surface area contributed by atoms with E-state index in [1.165, 1.54) is 24.3 Å². The van der Waals surface area contributed by atoms with Crippen LogP contribution in [0.3, 0.4) is 0 Å². The van der Waals surface area contributed by atoms with Crippen molar-refractivity contribution in [2.45, 2.75) is 4.90 Å². The van der Waals surface area contributed by atoms with E-state index in [9.17, 15) is 28.1 Å². The van der Waals surface area contributed by atoms with Gasteiger partial charge in [0.25, 0.3) is 11.6 Å². The first-order valence-electron chi connectivity index (χ1n) is 6.78. The zero-order valence-electron chi connectivity index (χ0n) is 12.9. The van der Waals surface area contributed by atoms with Crippen LogP contribution in [0, 0.1) is 10.1 Å². The molecule has 0 fully saturated rings. The second kappa shape index (κ2) is 6.69. The van der Waals surface area contributed by atoms with Gasteiger partial charge in [0.05, 0.1) is 9.82 Å². The molecule has 10 heteroatoms. The number of rotatable bonds is 5. The van der Waals surface area contributed by atoms with Crippen LogP contribution < -0.4 is 11.1 Å². The highest BCUT2D eigenvalue weighted by Crippen LogP contribution is 2.22. The fourth-order valence-electron chi connectivity index (χ4n) is 1.96. The minimum Gasteiger partial charge on any atom is -0.366 e. The van der Waals surface area contributed by atoms with Crippen LogP contribution in [0.4, 0.5) is 11.4 Å². The number of nitro groups is 1. The Kier molecular flexibility index (Phi) is 4.84. The maximum Gasteiger partial charge on any atom is 0.271 e. The molecule has 0 spiro atoms. The van der Waals surface area contributed by atoms with Crippen LogP contribution in [0.5, 0.6) is 0 Å². The maximum absolute atomic E-state index is 12.3. The van der Waals surface area contributed by atoms with E-state index in [1.54, 1.807) is 0 Å². The van der Waals surface area contributed by atoms with Gasteiger partial charge in [0.1, 0.15) is 0 Å². The average molecular weight is 363 g/mol. The van der Waals surface area contributed by atoms with Crippen LogP contribution in [0.15, 0.2) is 47.4 Å². The highest BCUT2D eigenvalue weighted by atomic mass is 32.2. The zero-order chi connectivity index (χ0) is 18.8. The molecule has 0 atom stereocenters. The van der Waals surface area contributed by atoms with Crippen molar-refractivity contribution < 1.29 is 22.9 Å². The van der Waals surface area contributed by atoms with Gasteiger partial charge in [-0.2, -0.15) is 0 Å². The molecule has 2 aromatic carbocycles. The number of nitrogens with one attached hydrogen (secondary N) is 1. The van der Waals surface area contributed by atoms with Crippen molar-refractivity contribution >= 4 is 33.0 Å². The van der Waals surface area contributed by atoms with Crippen LogP contribution in [0.2, 0.25) is 0 Å². The molecule has 0 aromatic heterocycles. The number of benzene rings is 2. The van der Waals surface area contributed by atoms with Gasteiger partial charge in [0.15, 0.2) is 9.84 Å². The first-order chi connectivity index (χ1) is 11.6. The van der Waals surface area contributed by atoms with Gasteiger partial charge in [-0.3, -0.25) is 19.7 Å². The Labute approximate surface area is 142 Å². The van der Waals surface area contributed by atoms with E-state index in [4.69, 9.17) is 5.73 Å². The molecule has 2 rings (SSSR count). The standard InChI is InChI=1S/C15H13N3O6S/c1-25(23,24)13-7-10(6-12(8-13)18(21)22)15(20)17-11-4-2-9(3-5-11)14(16)19/h2-8H,1H3,(H2,16,19)(H,17,20). The highest BCUT2D eigenvalue weighted by molar-refractivity contribution is 7.90. The van der Waals surface area contributed by atoms with Crippen molar-refractivity contribution in [3.8, 4) is 0 Å². The third kappa shape index (κ3) is 4.38. The first kappa shape index (κ1) is 18.1. The summed E-state index contributed by atoms with van der Waals surface area (Å²) in [6.07, 6.45) is 0.885. The Morgan fingerprint density at radius 1 is 1.08 bits per heavy atom. The van der Waals surface area contributed by atoms with Gasteiger partial charge in [0, 0.05) is 35.2 Å². The zero-order valence-corrected chi connectivity index (χ0v) is 13.7. The Bertz CT molecular complexity index is 967. The Hall–Kier alpha value is -3.27. The van der Waals surface area contributed by atoms with Gasteiger partial charge in [-0.05, 0) is 30.3 Å². The molecule has 0 saturated carbocycles. The van der Waals surface area contributed by atoms with Crippen LogP contribution in [-0.4, -0.2) is 31.4 Å². The van der Waals surface area contributed by atoms with E-state index in [0.29, 0.717) is 5.69 Å². The van der Waals surface area contributed by atoms with Gasteiger partial charge in [-0.25, -0.2) is 8.42 Å². The lowest BCUT2D eigenvalue weighted by Gasteiger charge is -2.07. The van der Waals surface area contributed by atoms with E-state index in [2.05, 4.69) is 5.32 Å². The molecule has 0 radical (unpaired) electrons. The van der Waals surface area contributed by atoms with Crippen LogP contribution >= 0.6 is 0 Å². The third-order valence-corrected chi connectivity index (χ3v) is 4.31. The number of amides is 2. The van der Waals surface area contributed by atoms with Gasteiger partial charge < -0.3 is 11.1 Å². The molecule has 25 heavy (non-hydrogen) atoms. The van der Waals surface area contributed by atoms with E-state index in [-0.39, 0.29) is 16.0 Å². The van der Waals surface area contributed by atoms with Crippen molar-refractivity contribution in [3.05, 3.63) is 63.7 Å². The molecule has 0 aliphatic heterocycles. The third-order valence-electron chi connectivity index (χ3n) is 3.22. The first-order valence-corrected chi connectivity index (χ1v) is 8.68. The number of sulfone groups is 1. The number of anilines is 1. The highest BCUT2D eigenvalue weighted by Gasteiger charge is 2.19. The summed E-state index contributed by atoms with van der Waals surface area (Å²) in [5.41, 5.74) is 4.96. The van der Waals surface area contributed by atoms with E-state index in [0.717, 1.165) is 24.5 Å². The summed E-state index contributed by atoms with van der Waals surface area (Å²) in [7, 11) is -3.74. The number of hydrogen-bond donors (Lipinski definition) is 2. The number of hydrogen-bond acceptors (Lipinski definition) is 6. The van der Waals surface area contributed by atoms with E-state index in [1.807, 2.05) is 0 Å². The van der Waals surface area contributed by atoms with Crippen molar-refractivity contribution in [2.24, 2.45) is 5.73 Å². The lowest BCUT2D eigenvalue weighted by molar-refractivity contribution is -0.385. The van der Waals surface area contributed by atoms with E-state index >= 15 is 0 Å². The predicted molar refractivity (Wildman–Crippen MR) is 89.1 cm³/mol. The summed E-state index contributed by atoms with van der Waals surface area (Å²) in [4.78, 5) is 33.1. The van der Waals surface area contributed by atoms with Gasteiger partial charge in [0.2, 0.25) is 5.91 Å². The van der Waals surface area contributed by atoms with Gasteiger partial charge in [-0.15, -0.1) is 0 Å². The number of carbonyl (C=O) groups is 2. The summed E-state index contributed by atoms with van der Waals surface area (Å²) in [6.45, 7) is 0. The van der Waals surface area contributed by atoms with Crippen molar-refractivity contribution in [1.82, 2.24) is 0 Å². The fourth-order valence-corrected chi connectivity index (χ4v) is 2.63. The Morgan fingerprint density at radius 3 is 2.16 bits per heavy atom. The molecule has 0 aliphatic carbocycles. The van der Waals surface area contributed by atoms with Crippen molar-refractivity contribution in [2.75, 3.05) is 11.6 Å². The molecule has 0 aliphatic rings. The summed E-state index contributed by atoms with van der Waals surface area (Å²) >= 11 is 0. The molecule has 0 saturated heterocycles. The van der Waals surface area contributed by atoms with Crippen LogP contribution in [0.25, 0.3) is 0 Å². The molecule has 9 nitrogen and oxygen atoms in total. The lowest BCUT2D eigenvalue weighted by atomic mass is 10.1. The van der Waals surface area contributed by atoms with E-state index < -0.39 is 32.3 Å². The molecule has 3 N–H and O–H groups in total. The normalized spacial score (nSPS) is 10.9. The number of nitrogens with two attached hydrogens (primary N) is 1. The topological polar surface area (TPSA) is 149 Å². The quantitative estimate of drug-likeness (QED) is 0.605. The summed E-state index contributed by atoms with van der Waals surface area (Å²) in [6, 6.07) is 8.55. The summed E-state index contributed by atoms with van der Waals surface area (Å²) in [5, 5.41) is 13.4. The second-order valence-corrected chi connectivity index (χ2v) is 7.16. The minimum absolute atomic E-state index is 0.186. The average Bonchev–Trinajstić information content (AvgIpc) is 2.54. The molecule has 0 heterocycles. The Morgan fingerprint density at radius 2 is 1.68 bits per heavy atom.